The van der Waals surface area contributed by atoms with Crippen LogP contribution < -0.4 is 0 Å². The van der Waals surface area contributed by atoms with Gasteiger partial charge in [0.1, 0.15) is 6.54 Å². The summed E-state index contributed by atoms with van der Waals surface area (Å²) in [5.74, 6) is 0.513. The van der Waals surface area contributed by atoms with E-state index in [1.165, 1.54) is 4.80 Å². The monoisotopic (exact) mass is 323 g/mol. The number of carbonyl (C=O) groups is 1. The highest BCUT2D eigenvalue weighted by Crippen LogP contribution is 2.23. The first-order valence-electron chi connectivity index (χ1n) is 7.14. The molecule has 0 aliphatic heterocycles. The average molecular weight is 323 g/mol. The number of benzene rings is 1. The normalized spacial score (nSPS) is 11.2. The molecule has 0 saturated heterocycles. The number of carbonyl (C=O) groups excluding carboxylic acids is 1. The maximum atomic E-state index is 12.7. The van der Waals surface area contributed by atoms with Crippen LogP contribution in [0.5, 0.6) is 0 Å². The summed E-state index contributed by atoms with van der Waals surface area (Å²) in [6.07, 6.45) is 0. The van der Waals surface area contributed by atoms with Gasteiger partial charge in [0.2, 0.25) is 5.82 Å². The van der Waals surface area contributed by atoms with Gasteiger partial charge in [-0.3, -0.25) is 4.79 Å². The largest absolute Gasteiger partial charge is 0.358 e. The number of aromatic nitrogens is 5. The van der Waals surface area contributed by atoms with Gasteiger partial charge >= 0.3 is 0 Å². The van der Waals surface area contributed by atoms with Gasteiger partial charge in [0.15, 0.2) is 5.78 Å². The quantitative estimate of drug-likeness (QED) is 0.586. The second kappa shape index (κ2) is 5.44. The van der Waals surface area contributed by atoms with E-state index in [4.69, 9.17) is 0 Å². The number of H-pyrrole nitrogens is 1. The molecule has 0 fully saturated rings. The van der Waals surface area contributed by atoms with E-state index in [0.29, 0.717) is 11.4 Å². The number of Topliss-reactive ketones (excluding diaryl/α,β-unsaturated/α-hetero) is 1. The van der Waals surface area contributed by atoms with Crippen molar-refractivity contribution in [2.24, 2.45) is 0 Å². The summed E-state index contributed by atoms with van der Waals surface area (Å²) >= 11 is 1.54. The molecule has 0 aliphatic rings. The highest BCUT2D eigenvalue weighted by molar-refractivity contribution is 7.13. The molecule has 0 unspecified atom stereocenters. The lowest BCUT2D eigenvalue weighted by Gasteiger charge is -2.00. The molecule has 3 heterocycles. The molecule has 0 radical (unpaired) electrons. The van der Waals surface area contributed by atoms with Crippen LogP contribution in [0.3, 0.4) is 0 Å². The molecule has 0 spiro atoms. The highest BCUT2D eigenvalue weighted by Gasteiger charge is 2.17. The van der Waals surface area contributed by atoms with Crippen molar-refractivity contribution in [3.63, 3.8) is 0 Å². The summed E-state index contributed by atoms with van der Waals surface area (Å²) in [5, 5.41) is 15.2. The van der Waals surface area contributed by atoms with Crippen molar-refractivity contribution < 1.29 is 4.79 Å². The Balaban J connectivity index is 1.64. The minimum Gasteiger partial charge on any atom is -0.358 e. The zero-order valence-corrected chi connectivity index (χ0v) is 13.2. The second-order valence-electron chi connectivity index (χ2n) is 5.21. The van der Waals surface area contributed by atoms with Crippen LogP contribution in [-0.2, 0) is 6.54 Å². The predicted molar refractivity (Wildman–Crippen MR) is 88.5 cm³/mol. The maximum absolute atomic E-state index is 12.7. The van der Waals surface area contributed by atoms with Gasteiger partial charge in [-0.2, -0.15) is 4.80 Å². The molecule has 7 heteroatoms. The smallest absolute Gasteiger partial charge is 0.214 e. The number of hydrogen-bond donors (Lipinski definition) is 1. The summed E-state index contributed by atoms with van der Waals surface area (Å²) in [6.45, 7) is 1.97. The summed E-state index contributed by atoms with van der Waals surface area (Å²) in [5.41, 5.74) is 2.50. The van der Waals surface area contributed by atoms with Crippen LogP contribution in [0.2, 0.25) is 0 Å². The number of thiophene rings is 1. The number of para-hydroxylation sites is 1. The number of hydrogen-bond acceptors (Lipinski definition) is 5. The summed E-state index contributed by atoms with van der Waals surface area (Å²) in [4.78, 5) is 18.2. The standard InChI is InChI=1S/C16H13N5OS/c1-10-15(11-5-2-3-6-12(11)17-10)13(22)9-21-19-16(18-20-21)14-7-4-8-23-14/h2-8,17H,9H2,1H3. The number of tetrazole rings is 1. The Morgan fingerprint density at radius 1 is 1.26 bits per heavy atom. The number of rotatable bonds is 4. The molecule has 23 heavy (non-hydrogen) atoms. The Kier molecular flexibility index (Phi) is 3.27. The minimum absolute atomic E-state index is 0.0323. The SMILES string of the molecule is Cc1[nH]c2ccccc2c1C(=O)Cn1nnc(-c2cccs2)n1. The lowest BCUT2D eigenvalue weighted by atomic mass is 10.1. The molecule has 0 atom stereocenters. The summed E-state index contributed by atoms with van der Waals surface area (Å²) < 4.78 is 0. The van der Waals surface area contributed by atoms with Crippen molar-refractivity contribution in [2.75, 3.05) is 0 Å². The fourth-order valence-electron chi connectivity index (χ4n) is 2.66. The van der Waals surface area contributed by atoms with Crippen LogP contribution in [-0.4, -0.2) is 31.0 Å². The second-order valence-corrected chi connectivity index (χ2v) is 6.16. The lowest BCUT2D eigenvalue weighted by Crippen LogP contribution is -2.13. The third-order valence-corrected chi connectivity index (χ3v) is 4.52. The van der Waals surface area contributed by atoms with Gasteiger partial charge in [0, 0.05) is 22.2 Å². The van der Waals surface area contributed by atoms with Crippen LogP contribution in [0.25, 0.3) is 21.6 Å². The van der Waals surface area contributed by atoms with Crippen molar-refractivity contribution in [1.29, 1.82) is 0 Å². The molecule has 6 nitrogen and oxygen atoms in total. The Morgan fingerprint density at radius 3 is 2.96 bits per heavy atom. The Labute approximate surface area is 135 Å². The molecule has 114 valence electrons. The number of aromatic amines is 1. The first-order chi connectivity index (χ1) is 11.2. The zero-order valence-electron chi connectivity index (χ0n) is 12.4. The topological polar surface area (TPSA) is 76.5 Å². The van der Waals surface area contributed by atoms with Gasteiger partial charge < -0.3 is 4.98 Å². The zero-order chi connectivity index (χ0) is 15.8. The highest BCUT2D eigenvalue weighted by atomic mass is 32.1. The average Bonchev–Trinajstić information content (AvgIpc) is 3.25. The number of aryl methyl sites for hydroxylation is 1. The van der Waals surface area contributed by atoms with E-state index in [1.54, 1.807) is 11.3 Å². The molecule has 4 aromatic rings. The number of fused-ring (bicyclic) bond motifs is 1. The molecule has 3 aromatic heterocycles. The fraction of sp³-hybridized carbons (Fsp3) is 0.125. The van der Waals surface area contributed by atoms with Gasteiger partial charge in [-0.25, -0.2) is 0 Å². The van der Waals surface area contributed by atoms with E-state index in [2.05, 4.69) is 20.4 Å². The first-order valence-corrected chi connectivity index (χ1v) is 8.02. The van der Waals surface area contributed by atoms with Crippen molar-refractivity contribution in [3.05, 3.63) is 53.0 Å². The van der Waals surface area contributed by atoms with Crippen molar-refractivity contribution in [1.82, 2.24) is 25.2 Å². The van der Waals surface area contributed by atoms with E-state index in [9.17, 15) is 4.79 Å². The first kappa shape index (κ1) is 13.8. The van der Waals surface area contributed by atoms with E-state index in [1.807, 2.05) is 48.7 Å². The van der Waals surface area contributed by atoms with Gasteiger partial charge in [-0.15, -0.1) is 21.5 Å². The van der Waals surface area contributed by atoms with Gasteiger partial charge in [0.25, 0.3) is 0 Å². The van der Waals surface area contributed by atoms with Crippen molar-refractivity contribution in [3.8, 4) is 10.7 Å². The van der Waals surface area contributed by atoms with E-state index in [-0.39, 0.29) is 12.3 Å². The van der Waals surface area contributed by atoms with Gasteiger partial charge in [-0.05, 0) is 29.6 Å². The molecule has 1 aromatic carbocycles. The molecule has 0 bridgehead atoms. The van der Waals surface area contributed by atoms with Crippen LogP contribution >= 0.6 is 11.3 Å². The number of ketones is 1. The molecule has 0 amide bonds. The molecule has 1 N–H and O–H groups in total. The molecule has 0 saturated carbocycles. The molecule has 0 aliphatic carbocycles. The summed E-state index contributed by atoms with van der Waals surface area (Å²) in [7, 11) is 0. The van der Waals surface area contributed by atoms with Crippen molar-refractivity contribution >= 4 is 28.0 Å². The van der Waals surface area contributed by atoms with E-state index < -0.39 is 0 Å². The molecular weight excluding hydrogens is 310 g/mol. The maximum Gasteiger partial charge on any atom is 0.214 e. The predicted octanol–water partition coefficient (Wildman–Crippen LogP) is 3.07. The third-order valence-electron chi connectivity index (χ3n) is 3.65. The lowest BCUT2D eigenvalue weighted by molar-refractivity contribution is 0.0962. The van der Waals surface area contributed by atoms with E-state index in [0.717, 1.165) is 21.5 Å². The van der Waals surface area contributed by atoms with Crippen LogP contribution in [0, 0.1) is 6.92 Å². The molecule has 4 rings (SSSR count). The Hall–Kier alpha value is -2.80. The van der Waals surface area contributed by atoms with E-state index >= 15 is 0 Å². The minimum atomic E-state index is -0.0323. The number of nitrogens with zero attached hydrogens (tertiary/aromatic N) is 4. The third kappa shape index (κ3) is 2.44. The molecular formula is C16H13N5OS. The Bertz CT molecular complexity index is 983. The van der Waals surface area contributed by atoms with Crippen LogP contribution in [0.1, 0.15) is 16.1 Å². The van der Waals surface area contributed by atoms with Crippen LogP contribution in [0.15, 0.2) is 41.8 Å². The Morgan fingerprint density at radius 2 is 2.13 bits per heavy atom. The van der Waals surface area contributed by atoms with Gasteiger partial charge in [-0.1, -0.05) is 24.3 Å². The fourth-order valence-corrected chi connectivity index (χ4v) is 3.31. The van der Waals surface area contributed by atoms with Crippen molar-refractivity contribution in [2.45, 2.75) is 13.5 Å². The summed E-state index contributed by atoms with van der Waals surface area (Å²) in [6, 6.07) is 11.6. The van der Waals surface area contributed by atoms with Crippen LogP contribution in [0.4, 0.5) is 0 Å². The number of nitrogens with one attached hydrogen (secondary N) is 1. The van der Waals surface area contributed by atoms with Gasteiger partial charge in [0.05, 0.1) is 4.88 Å².